The third-order valence-corrected chi connectivity index (χ3v) is 4.66. The minimum Gasteiger partial charge on any atom is -0.483 e. The van der Waals surface area contributed by atoms with Gasteiger partial charge in [-0.3, -0.25) is 4.79 Å². The number of rotatable bonds is 4. The van der Waals surface area contributed by atoms with Crippen LogP contribution in [-0.2, 0) is 4.79 Å². The average molecular weight is 377 g/mol. The van der Waals surface area contributed by atoms with E-state index in [0.717, 1.165) is 29.4 Å². The standard InChI is InChI=1S/C21H28N2O2.ClH/c1-20(2)12-16(13-21(3,4)23-20)22-19(24)14-25-18-11-7-9-15-8-5-6-10-17(15)18;/h5-11,16,23H,12-14H2,1-4H3,(H,22,24);1H. The van der Waals surface area contributed by atoms with Crippen LogP contribution in [0.4, 0.5) is 0 Å². The van der Waals surface area contributed by atoms with Crippen LogP contribution in [0.3, 0.4) is 0 Å². The van der Waals surface area contributed by atoms with Crippen molar-refractivity contribution in [3.05, 3.63) is 42.5 Å². The lowest BCUT2D eigenvalue weighted by Crippen LogP contribution is -2.62. The van der Waals surface area contributed by atoms with E-state index in [4.69, 9.17) is 4.74 Å². The normalized spacial score (nSPS) is 18.8. The summed E-state index contributed by atoms with van der Waals surface area (Å²) in [5, 5.41) is 8.92. The van der Waals surface area contributed by atoms with Gasteiger partial charge >= 0.3 is 0 Å². The van der Waals surface area contributed by atoms with Gasteiger partial charge in [0, 0.05) is 22.5 Å². The number of hydrogen-bond donors (Lipinski definition) is 2. The molecule has 0 spiro atoms. The molecule has 0 atom stereocenters. The maximum absolute atomic E-state index is 12.4. The molecule has 0 unspecified atom stereocenters. The summed E-state index contributed by atoms with van der Waals surface area (Å²) in [4.78, 5) is 12.4. The van der Waals surface area contributed by atoms with Crippen molar-refractivity contribution in [1.29, 1.82) is 0 Å². The summed E-state index contributed by atoms with van der Waals surface area (Å²) in [6.07, 6.45) is 1.83. The average Bonchev–Trinajstić information content (AvgIpc) is 2.49. The Labute approximate surface area is 162 Å². The van der Waals surface area contributed by atoms with Gasteiger partial charge in [0.05, 0.1) is 0 Å². The summed E-state index contributed by atoms with van der Waals surface area (Å²) in [7, 11) is 0. The van der Waals surface area contributed by atoms with Gasteiger partial charge in [-0.2, -0.15) is 0 Å². The quantitative estimate of drug-likeness (QED) is 0.845. The fourth-order valence-electron chi connectivity index (χ4n) is 4.16. The lowest BCUT2D eigenvalue weighted by atomic mass is 9.79. The number of ether oxygens (including phenoxy) is 1. The van der Waals surface area contributed by atoms with Crippen LogP contribution in [0.5, 0.6) is 5.75 Å². The summed E-state index contributed by atoms with van der Waals surface area (Å²) in [5.41, 5.74) is 0.0202. The van der Waals surface area contributed by atoms with Crippen LogP contribution in [0.15, 0.2) is 42.5 Å². The van der Waals surface area contributed by atoms with Crippen molar-refractivity contribution < 1.29 is 9.53 Å². The van der Waals surface area contributed by atoms with Crippen molar-refractivity contribution >= 4 is 29.1 Å². The maximum atomic E-state index is 12.4. The van der Waals surface area contributed by atoms with E-state index in [1.54, 1.807) is 0 Å². The first-order valence-electron chi connectivity index (χ1n) is 8.93. The molecule has 0 saturated carbocycles. The Morgan fingerprint density at radius 2 is 1.69 bits per heavy atom. The molecule has 26 heavy (non-hydrogen) atoms. The van der Waals surface area contributed by atoms with Crippen LogP contribution in [-0.4, -0.2) is 29.6 Å². The topological polar surface area (TPSA) is 50.4 Å². The van der Waals surface area contributed by atoms with Gasteiger partial charge in [-0.1, -0.05) is 36.4 Å². The Morgan fingerprint density at radius 1 is 1.08 bits per heavy atom. The number of fused-ring (bicyclic) bond motifs is 1. The largest absolute Gasteiger partial charge is 0.483 e. The van der Waals surface area contributed by atoms with Crippen LogP contribution in [0.1, 0.15) is 40.5 Å². The highest BCUT2D eigenvalue weighted by Gasteiger charge is 2.38. The minimum atomic E-state index is -0.0635. The van der Waals surface area contributed by atoms with Crippen molar-refractivity contribution in [3.63, 3.8) is 0 Å². The van der Waals surface area contributed by atoms with Gasteiger partial charge < -0.3 is 15.4 Å². The molecule has 142 valence electrons. The number of amides is 1. The zero-order chi connectivity index (χ0) is 18.1. The van der Waals surface area contributed by atoms with Gasteiger partial charge in [-0.15, -0.1) is 12.4 Å². The maximum Gasteiger partial charge on any atom is 0.258 e. The first-order valence-corrected chi connectivity index (χ1v) is 8.93. The van der Waals surface area contributed by atoms with Crippen molar-refractivity contribution in [2.24, 2.45) is 0 Å². The second-order valence-electron chi connectivity index (χ2n) is 8.33. The first kappa shape index (κ1) is 20.5. The van der Waals surface area contributed by atoms with E-state index in [2.05, 4.69) is 38.3 Å². The second-order valence-corrected chi connectivity index (χ2v) is 8.33. The highest BCUT2D eigenvalue weighted by Crippen LogP contribution is 2.28. The summed E-state index contributed by atoms with van der Waals surface area (Å²) < 4.78 is 5.80. The van der Waals surface area contributed by atoms with E-state index in [0.29, 0.717) is 0 Å². The Kier molecular flexibility index (Phi) is 6.20. The fraction of sp³-hybridized carbons (Fsp3) is 0.476. The highest BCUT2D eigenvalue weighted by atomic mass is 35.5. The molecule has 1 amide bonds. The van der Waals surface area contributed by atoms with Crippen LogP contribution < -0.4 is 15.4 Å². The van der Waals surface area contributed by atoms with Crippen molar-refractivity contribution in [2.75, 3.05) is 6.61 Å². The van der Waals surface area contributed by atoms with E-state index in [1.165, 1.54) is 0 Å². The molecule has 2 N–H and O–H groups in total. The third kappa shape index (κ3) is 5.12. The Balaban J connectivity index is 0.00000243. The summed E-state index contributed by atoms with van der Waals surface area (Å²) in [5.74, 6) is 0.686. The first-order chi connectivity index (χ1) is 11.7. The predicted molar refractivity (Wildman–Crippen MR) is 109 cm³/mol. The molecule has 0 aromatic heterocycles. The molecule has 2 aromatic rings. The van der Waals surface area contributed by atoms with Crippen molar-refractivity contribution in [3.8, 4) is 5.75 Å². The number of carbonyl (C=O) groups is 1. The van der Waals surface area contributed by atoms with Crippen molar-refractivity contribution in [2.45, 2.75) is 57.7 Å². The zero-order valence-corrected chi connectivity index (χ0v) is 16.8. The molecule has 1 saturated heterocycles. The van der Waals surface area contributed by atoms with Gasteiger partial charge in [-0.05, 0) is 52.0 Å². The van der Waals surface area contributed by atoms with Gasteiger partial charge in [0.2, 0.25) is 0 Å². The Hall–Kier alpha value is -1.78. The molecule has 5 heteroatoms. The molecule has 4 nitrogen and oxygen atoms in total. The number of piperidine rings is 1. The highest BCUT2D eigenvalue weighted by molar-refractivity contribution is 5.88. The molecule has 0 aliphatic carbocycles. The molecular formula is C21H29ClN2O2. The Morgan fingerprint density at radius 3 is 2.38 bits per heavy atom. The number of halogens is 1. The SMILES string of the molecule is CC1(C)CC(NC(=O)COc2cccc3ccccc23)CC(C)(C)N1.Cl. The molecule has 2 aromatic carbocycles. The van der Waals surface area contributed by atoms with E-state index < -0.39 is 0 Å². The lowest BCUT2D eigenvalue weighted by Gasteiger charge is -2.46. The zero-order valence-electron chi connectivity index (χ0n) is 16.0. The van der Waals surface area contributed by atoms with Gasteiger partial charge in [0.15, 0.2) is 6.61 Å². The molecule has 1 heterocycles. The lowest BCUT2D eigenvalue weighted by molar-refractivity contribution is -0.124. The number of benzene rings is 2. The second kappa shape index (κ2) is 7.85. The fourth-order valence-corrected chi connectivity index (χ4v) is 4.16. The number of nitrogens with one attached hydrogen (secondary N) is 2. The third-order valence-electron chi connectivity index (χ3n) is 4.66. The number of hydrogen-bond acceptors (Lipinski definition) is 3. The molecule has 3 rings (SSSR count). The van der Waals surface area contributed by atoms with Crippen LogP contribution in [0.25, 0.3) is 10.8 Å². The summed E-state index contributed by atoms with van der Waals surface area (Å²) in [6, 6.07) is 14.1. The van der Waals surface area contributed by atoms with Gasteiger partial charge in [0.25, 0.3) is 5.91 Å². The van der Waals surface area contributed by atoms with E-state index in [1.807, 2.05) is 42.5 Å². The summed E-state index contributed by atoms with van der Waals surface area (Å²) >= 11 is 0. The van der Waals surface area contributed by atoms with E-state index in [9.17, 15) is 4.79 Å². The number of carbonyl (C=O) groups excluding carboxylic acids is 1. The van der Waals surface area contributed by atoms with Crippen LogP contribution in [0, 0.1) is 0 Å². The van der Waals surface area contributed by atoms with Crippen LogP contribution >= 0.6 is 12.4 Å². The minimum absolute atomic E-state index is 0. The van der Waals surface area contributed by atoms with E-state index >= 15 is 0 Å². The van der Waals surface area contributed by atoms with Crippen LogP contribution in [0.2, 0.25) is 0 Å². The van der Waals surface area contributed by atoms with Gasteiger partial charge in [-0.25, -0.2) is 0 Å². The molecule has 0 radical (unpaired) electrons. The molecule has 1 aliphatic rings. The van der Waals surface area contributed by atoms with Gasteiger partial charge in [0.1, 0.15) is 5.75 Å². The molecule has 0 bridgehead atoms. The summed E-state index contributed by atoms with van der Waals surface area (Å²) in [6.45, 7) is 8.76. The molecule has 1 fully saturated rings. The monoisotopic (exact) mass is 376 g/mol. The molecular weight excluding hydrogens is 348 g/mol. The predicted octanol–water partition coefficient (Wildman–Crippen LogP) is 4.07. The van der Waals surface area contributed by atoms with Crippen molar-refractivity contribution in [1.82, 2.24) is 10.6 Å². The van der Waals surface area contributed by atoms with E-state index in [-0.39, 0.29) is 42.0 Å². The Bertz CT molecular complexity index is 752. The smallest absolute Gasteiger partial charge is 0.258 e. The molecule has 1 aliphatic heterocycles.